The van der Waals surface area contributed by atoms with Gasteiger partial charge in [-0.15, -0.1) is 0 Å². The highest BCUT2D eigenvalue weighted by Gasteiger charge is 2.22. The third-order valence-corrected chi connectivity index (χ3v) is 3.12. The van der Waals surface area contributed by atoms with Crippen molar-refractivity contribution in [1.29, 1.82) is 0 Å². The minimum absolute atomic E-state index is 0.207. The summed E-state index contributed by atoms with van der Waals surface area (Å²) in [7, 11) is 0. The molecule has 2 heterocycles. The fraction of sp³-hybridized carbons (Fsp3) is 0.583. The van der Waals surface area contributed by atoms with Crippen LogP contribution in [0.1, 0.15) is 11.4 Å². The minimum Gasteiger partial charge on any atom is -0.387 e. The van der Waals surface area contributed by atoms with Crippen LogP contribution in [0, 0.1) is 13.8 Å². The van der Waals surface area contributed by atoms with Crippen molar-refractivity contribution in [3.8, 4) is 0 Å². The van der Waals surface area contributed by atoms with Gasteiger partial charge in [-0.05, 0) is 13.8 Å². The van der Waals surface area contributed by atoms with Crippen molar-refractivity contribution in [3.05, 3.63) is 17.6 Å². The van der Waals surface area contributed by atoms with Crippen molar-refractivity contribution in [3.63, 3.8) is 0 Å². The SMILES string of the molecule is Cc1cnc(C)c(N2CCN(C(=O)CO)CC2)n1. The summed E-state index contributed by atoms with van der Waals surface area (Å²) in [6, 6.07) is 0. The number of nitrogens with zero attached hydrogens (tertiary/aromatic N) is 4. The summed E-state index contributed by atoms with van der Waals surface area (Å²) in [5.41, 5.74) is 1.80. The molecule has 0 saturated carbocycles. The number of amides is 1. The van der Waals surface area contributed by atoms with Crippen molar-refractivity contribution in [1.82, 2.24) is 14.9 Å². The zero-order chi connectivity index (χ0) is 13.1. The van der Waals surface area contributed by atoms with E-state index in [0.717, 1.165) is 30.3 Å². The Morgan fingerprint density at radius 2 is 2.00 bits per heavy atom. The fourth-order valence-electron chi connectivity index (χ4n) is 2.09. The van der Waals surface area contributed by atoms with E-state index in [0.29, 0.717) is 13.1 Å². The van der Waals surface area contributed by atoms with Crippen LogP contribution in [0.15, 0.2) is 6.20 Å². The summed E-state index contributed by atoms with van der Waals surface area (Å²) in [6.45, 7) is 6.14. The zero-order valence-electron chi connectivity index (χ0n) is 10.8. The Morgan fingerprint density at radius 1 is 1.33 bits per heavy atom. The predicted octanol–water partition coefficient (Wildman–Crippen LogP) is -0.266. The van der Waals surface area contributed by atoms with E-state index in [2.05, 4.69) is 14.9 Å². The van der Waals surface area contributed by atoms with Crippen molar-refractivity contribution in [2.45, 2.75) is 13.8 Å². The monoisotopic (exact) mass is 250 g/mol. The van der Waals surface area contributed by atoms with Crippen LogP contribution in [0.5, 0.6) is 0 Å². The summed E-state index contributed by atoms with van der Waals surface area (Å²) in [5.74, 6) is 0.688. The number of carbonyl (C=O) groups excluding carboxylic acids is 1. The molecule has 1 aromatic heterocycles. The molecule has 0 atom stereocenters. The van der Waals surface area contributed by atoms with Crippen molar-refractivity contribution >= 4 is 11.7 Å². The standard InChI is InChI=1S/C12H18N4O2/c1-9-7-13-10(2)12(14-9)16-5-3-15(4-6-16)11(18)8-17/h7,17H,3-6,8H2,1-2H3. The fourth-order valence-corrected chi connectivity index (χ4v) is 2.09. The number of hydrogen-bond donors (Lipinski definition) is 1. The molecule has 1 amide bonds. The van der Waals surface area contributed by atoms with E-state index in [1.54, 1.807) is 11.1 Å². The number of rotatable bonds is 2. The summed E-state index contributed by atoms with van der Waals surface area (Å²) in [4.78, 5) is 24.0. The summed E-state index contributed by atoms with van der Waals surface area (Å²) in [5, 5.41) is 8.82. The second kappa shape index (κ2) is 5.30. The van der Waals surface area contributed by atoms with Crippen molar-refractivity contribution < 1.29 is 9.90 Å². The lowest BCUT2D eigenvalue weighted by atomic mass is 10.3. The Hall–Kier alpha value is -1.69. The molecule has 1 fully saturated rings. The predicted molar refractivity (Wildman–Crippen MR) is 67.4 cm³/mol. The number of aliphatic hydroxyl groups excluding tert-OH is 1. The normalized spacial score (nSPS) is 15.9. The first-order chi connectivity index (χ1) is 8.61. The molecule has 6 nitrogen and oxygen atoms in total. The second-order valence-electron chi connectivity index (χ2n) is 4.45. The molecule has 0 unspecified atom stereocenters. The van der Waals surface area contributed by atoms with Gasteiger partial charge in [0, 0.05) is 32.4 Å². The molecule has 0 aliphatic carbocycles. The number of anilines is 1. The molecule has 0 radical (unpaired) electrons. The molecule has 1 aliphatic rings. The van der Waals surface area contributed by atoms with Crippen LogP contribution < -0.4 is 4.90 Å². The van der Waals surface area contributed by atoms with Gasteiger partial charge in [0.25, 0.3) is 0 Å². The van der Waals surface area contributed by atoms with E-state index in [4.69, 9.17) is 5.11 Å². The van der Waals surface area contributed by atoms with E-state index in [9.17, 15) is 4.79 Å². The Balaban J connectivity index is 2.05. The Kier molecular flexibility index (Phi) is 3.76. The number of carbonyl (C=O) groups is 1. The maximum absolute atomic E-state index is 11.4. The average molecular weight is 250 g/mol. The zero-order valence-corrected chi connectivity index (χ0v) is 10.8. The first-order valence-corrected chi connectivity index (χ1v) is 6.05. The highest BCUT2D eigenvalue weighted by atomic mass is 16.3. The lowest BCUT2D eigenvalue weighted by Crippen LogP contribution is -2.50. The lowest BCUT2D eigenvalue weighted by Gasteiger charge is -2.35. The summed E-state index contributed by atoms with van der Waals surface area (Å²) < 4.78 is 0. The number of piperazine rings is 1. The Morgan fingerprint density at radius 3 is 2.61 bits per heavy atom. The van der Waals surface area contributed by atoms with Gasteiger partial charge < -0.3 is 14.9 Å². The van der Waals surface area contributed by atoms with Gasteiger partial charge in [0.15, 0.2) is 0 Å². The third kappa shape index (κ3) is 2.59. The molecule has 1 N–H and O–H groups in total. The number of aromatic nitrogens is 2. The van der Waals surface area contributed by atoms with E-state index < -0.39 is 6.61 Å². The molecule has 1 aliphatic heterocycles. The smallest absolute Gasteiger partial charge is 0.248 e. The van der Waals surface area contributed by atoms with Crippen molar-refractivity contribution in [2.24, 2.45) is 0 Å². The molecule has 98 valence electrons. The maximum Gasteiger partial charge on any atom is 0.248 e. The largest absolute Gasteiger partial charge is 0.387 e. The van der Waals surface area contributed by atoms with Crippen LogP contribution in [0.4, 0.5) is 5.82 Å². The van der Waals surface area contributed by atoms with Gasteiger partial charge in [0.1, 0.15) is 12.4 Å². The Labute approximate surface area is 106 Å². The molecular formula is C12H18N4O2. The number of aliphatic hydroxyl groups is 1. The molecular weight excluding hydrogens is 232 g/mol. The van der Waals surface area contributed by atoms with Gasteiger partial charge in [-0.25, -0.2) is 4.98 Å². The van der Waals surface area contributed by atoms with E-state index in [1.165, 1.54) is 0 Å². The molecule has 0 spiro atoms. The van der Waals surface area contributed by atoms with E-state index in [1.807, 2.05) is 13.8 Å². The van der Waals surface area contributed by atoms with Crippen LogP contribution >= 0.6 is 0 Å². The first kappa shape index (κ1) is 12.8. The highest BCUT2D eigenvalue weighted by molar-refractivity contribution is 5.77. The van der Waals surface area contributed by atoms with Gasteiger partial charge in [-0.2, -0.15) is 0 Å². The molecule has 1 saturated heterocycles. The van der Waals surface area contributed by atoms with Crippen LogP contribution in [0.25, 0.3) is 0 Å². The van der Waals surface area contributed by atoms with Crippen LogP contribution in [0.2, 0.25) is 0 Å². The number of aryl methyl sites for hydroxylation is 2. The molecule has 18 heavy (non-hydrogen) atoms. The van der Waals surface area contributed by atoms with Gasteiger partial charge >= 0.3 is 0 Å². The molecule has 1 aromatic rings. The highest BCUT2D eigenvalue weighted by Crippen LogP contribution is 2.17. The van der Waals surface area contributed by atoms with Crippen LogP contribution in [-0.4, -0.2) is 58.7 Å². The number of hydrogen-bond acceptors (Lipinski definition) is 5. The molecule has 6 heteroatoms. The van der Waals surface area contributed by atoms with Gasteiger partial charge in [-0.3, -0.25) is 9.78 Å². The minimum atomic E-state index is -0.413. The average Bonchev–Trinajstić information content (AvgIpc) is 2.41. The molecule has 2 rings (SSSR count). The Bertz CT molecular complexity index is 442. The summed E-state index contributed by atoms with van der Waals surface area (Å²) in [6.07, 6.45) is 1.75. The molecule has 0 aromatic carbocycles. The second-order valence-corrected chi connectivity index (χ2v) is 4.45. The lowest BCUT2D eigenvalue weighted by molar-refractivity contribution is -0.134. The van der Waals surface area contributed by atoms with Gasteiger partial charge in [0.05, 0.1) is 11.4 Å². The third-order valence-electron chi connectivity index (χ3n) is 3.12. The summed E-state index contributed by atoms with van der Waals surface area (Å²) >= 11 is 0. The van der Waals surface area contributed by atoms with Gasteiger partial charge in [-0.1, -0.05) is 0 Å². The van der Waals surface area contributed by atoms with E-state index >= 15 is 0 Å². The van der Waals surface area contributed by atoms with Crippen LogP contribution in [0.3, 0.4) is 0 Å². The first-order valence-electron chi connectivity index (χ1n) is 6.05. The van der Waals surface area contributed by atoms with Crippen molar-refractivity contribution in [2.75, 3.05) is 37.7 Å². The van der Waals surface area contributed by atoms with Gasteiger partial charge in [0.2, 0.25) is 5.91 Å². The maximum atomic E-state index is 11.4. The van der Waals surface area contributed by atoms with Crippen LogP contribution in [-0.2, 0) is 4.79 Å². The molecule has 0 bridgehead atoms. The quantitative estimate of drug-likeness (QED) is 0.782. The topological polar surface area (TPSA) is 69.6 Å². The van der Waals surface area contributed by atoms with E-state index in [-0.39, 0.29) is 5.91 Å².